The van der Waals surface area contributed by atoms with E-state index in [-0.39, 0.29) is 24.2 Å². The molecule has 5 heteroatoms. The highest BCUT2D eigenvalue weighted by Crippen LogP contribution is 2.43. The van der Waals surface area contributed by atoms with Crippen molar-refractivity contribution in [1.29, 1.82) is 0 Å². The molecule has 2 aromatic rings. The summed E-state index contributed by atoms with van der Waals surface area (Å²) in [5, 5.41) is 0. The molecule has 3 nitrogen and oxygen atoms in total. The summed E-state index contributed by atoms with van der Waals surface area (Å²) in [5.74, 6) is 0.0163. The van der Waals surface area contributed by atoms with Crippen molar-refractivity contribution in [3.8, 4) is 11.5 Å². The minimum absolute atomic E-state index is 0.0985. The van der Waals surface area contributed by atoms with Gasteiger partial charge in [0.1, 0.15) is 5.75 Å². The van der Waals surface area contributed by atoms with Gasteiger partial charge in [-0.1, -0.05) is 50.1 Å². The Bertz CT molecular complexity index is 938. The molecule has 0 aliphatic heterocycles. The average Bonchev–Trinajstić information content (AvgIpc) is 2.87. The van der Waals surface area contributed by atoms with Crippen molar-refractivity contribution in [2.75, 3.05) is 6.61 Å². The van der Waals surface area contributed by atoms with Gasteiger partial charge in [-0.15, -0.1) is 0 Å². The van der Waals surface area contributed by atoms with Gasteiger partial charge in [0.25, 0.3) is 0 Å². The first-order valence-electron chi connectivity index (χ1n) is 13.3. The van der Waals surface area contributed by atoms with Crippen molar-refractivity contribution in [3.05, 3.63) is 59.7 Å². The molecule has 1 atom stereocenters. The van der Waals surface area contributed by atoms with E-state index in [1.807, 2.05) is 0 Å². The molecule has 2 aromatic carbocycles. The van der Waals surface area contributed by atoms with Gasteiger partial charge in [0, 0.05) is 12.1 Å². The van der Waals surface area contributed by atoms with Gasteiger partial charge in [0.2, 0.25) is 0 Å². The van der Waals surface area contributed by atoms with E-state index in [4.69, 9.17) is 9.47 Å². The van der Waals surface area contributed by atoms with Crippen LogP contribution in [0.5, 0.6) is 11.5 Å². The Morgan fingerprint density at radius 3 is 2.06 bits per heavy atom. The zero-order valence-electron chi connectivity index (χ0n) is 21.0. The van der Waals surface area contributed by atoms with Crippen LogP contribution in [0.15, 0.2) is 42.5 Å². The van der Waals surface area contributed by atoms with E-state index in [0.29, 0.717) is 11.8 Å². The van der Waals surface area contributed by atoms with E-state index in [1.165, 1.54) is 37.7 Å². The second-order valence-electron chi connectivity index (χ2n) is 10.5. The zero-order chi connectivity index (χ0) is 24.8. The Labute approximate surface area is 208 Å². The maximum atomic E-state index is 14.1. The van der Waals surface area contributed by atoms with Crippen LogP contribution in [0, 0.1) is 35.3 Å². The van der Waals surface area contributed by atoms with Gasteiger partial charge in [-0.2, -0.15) is 0 Å². The lowest BCUT2D eigenvalue weighted by Gasteiger charge is -2.38. The summed E-state index contributed by atoms with van der Waals surface area (Å²) in [7, 11) is 0. The van der Waals surface area contributed by atoms with Crippen LogP contribution in [0.1, 0.15) is 83.1 Å². The fraction of sp³-hybridized carbons (Fsp3) is 0.567. The molecule has 2 fully saturated rings. The Hall–Kier alpha value is -2.43. The number of halogens is 2. The molecular formula is C30H38F2O3. The first-order chi connectivity index (χ1) is 16.9. The zero-order valence-corrected chi connectivity index (χ0v) is 21.0. The van der Waals surface area contributed by atoms with Gasteiger partial charge in [0.15, 0.2) is 17.4 Å². The molecule has 0 N–H and O–H groups in total. The van der Waals surface area contributed by atoms with E-state index >= 15 is 0 Å². The van der Waals surface area contributed by atoms with Gasteiger partial charge < -0.3 is 9.47 Å². The topological polar surface area (TPSA) is 35.5 Å². The number of carbonyl (C=O) groups excluding carboxylic acids is 1. The van der Waals surface area contributed by atoms with Crippen LogP contribution in [-0.4, -0.2) is 12.6 Å². The predicted molar refractivity (Wildman–Crippen MR) is 134 cm³/mol. The molecule has 0 radical (unpaired) electrons. The summed E-state index contributed by atoms with van der Waals surface area (Å²) >= 11 is 0. The lowest BCUT2D eigenvalue weighted by molar-refractivity contribution is -0.140. The van der Waals surface area contributed by atoms with Crippen LogP contribution in [0.2, 0.25) is 0 Å². The van der Waals surface area contributed by atoms with E-state index in [2.05, 4.69) is 37.3 Å². The Balaban J connectivity index is 1.21. The number of esters is 1. The number of hydrogen-bond acceptors (Lipinski definition) is 3. The lowest BCUT2D eigenvalue weighted by Crippen LogP contribution is -2.30. The van der Waals surface area contributed by atoms with Crippen molar-refractivity contribution in [1.82, 2.24) is 0 Å². The maximum absolute atomic E-state index is 14.1. The monoisotopic (exact) mass is 484 g/mol. The van der Waals surface area contributed by atoms with Gasteiger partial charge >= 0.3 is 5.97 Å². The Morgan fingerprint density at radius 2 is 1.49 bits per heavy atom. The highest BCUT2D eigenvalue weighted by atomic mass is 19.1. The number of hydrogen-bond donors (Lipinski definition) is 0. The Morgan fingerprint density at radius 1 is 0.914 bits per heavy atom. The molecule has 0 amide bonds. The molecule has 0 aromatic heterocycles. The van der Waals surface area contributed by atoms with Crippen LogP contribution >= 0.6 is 0 Å². The number of carbonyl (C=O) groups is 1. The molecule has 4 rings (SSSR count). The summed E-state index contributed by atoms with van der Waals surface area (Å²) in [5.41, 5.74) is 1.44. The van der Waals surface area contributed by atoms with Gasteiger partial charge in [-0.25, -0.2) is 8.78 Å². The molecular weight excluding hydrogens is 446 g/mol. The standard InChI is InChI=1S/C30H38F2O3/c1-3-34-29-27(31)18-26(19-28(29)32)35-30(33)25-15-13-24(14-16-25)23-11-9-21(10-12-23)17-20(2)22-7-5-4-6-8-22/h4-8,18-21,23-25H,3,9-17H2,1-2H3/t20-,21?,23?,24?,25?/m1/s1. The van der Waals surface area contributed by atoms with Crippen LogP contribution in [0.25, 0.3) is 0 Å². The smallest absolute Gasteiger partial charge is 0.314 e. The molecule has 0 heterocycles. The van der Waals surface area contributed by atoms with Crippen molar-refractivity contribution in [2.24, 2.45) is 23.7 Å². The van der Waals surface area contributed by atoms with Crippen molar-refractivity contribution in [2.45, 2.75) is 77.6 Å². The largest absolute Gasteiger partial charge is 0.488 e. The van der Waals surface area contributed by atoms with E-state index in [9.17, 15) is 13.6 Å². The third kappa shape index (κ3) is 6.62. The van der Waals surface area contributed by atoms with Crippen molar-refractivity contribution < 1.29 is 23.0 Å². The Kier molecular flexibility index (Phi) is 8.80. The molecule has 0 unspecified atom stereocenters. The second kappa shape index (κ2) is 12.0. The van der Waals surface area contributed by atoms with E-state index < -0.39 is 17.4 Å². The minimum Gasteiger partial charge on any atom is -0.488 e. The third-order valence-corrected chi connectivity index (χ3v) is 8.20. The van der Waals surface area contributed by atoms with Crippen LogP contribution < -0.4 is 9.47 Å². The molecule has 2 aliphatic rings. The highest BCUT2D eigenvalue weighted by Gasteiger charge is 2.34. The molecule has 2 saturated carbocycles. The molecule has 0 bridgehead atoms. The first-order valence-corrected chi connectivity index (χ1v) is 13.3. The quantitative estimate of drug-likeness (QED) is 0.281. The molecule has 2 aliphatic carbocycles. The van der Waals surface area contributed by atoms with Crippen molar-refractivity contribution in [3.63, 3.8) is 0 Å². The lowest BCUT2D eigenvalue weighted by atomic mass is 9.68. The summed E-state index contributed by atoms with van der Waals surface area (Å²) in [6.45, 7) is 4.16. The van der Waals surface area contributed by atoms with Gasteiger partial charge in [0.05, 0.1) is 12.5 Å². The van der Waals surface area contributed by atoms with Crippen LogP contribution in [0.4, 0.5) is 8.78 Å². The molecule has 35 heavy (non-hydrogen) atoms. The fourth-order valence-electron chi connectivity index (χ4n) is 6.22. The second-order valence-corrected chi connectivity index (χ2v) is 10.5. The first kappa shape index (κ1) is 25.7. The summed E-state index contributed by atoms with van der Waals surface area (Å²) in [6, 6.07) is 12.9. The maximum Gasteiger partial charge on any atom is 0.314 e. The number of ether oxygens (including phenoxy) is 2. The predicted octanol–water partition coefficient (Wildman–Crippen LogP) is 8.08. The summed E-state index contributed by atoms with van der Waals surface area (Å²) < 4.78 is 38.5. The van der Waals surface area contributed by atoms with Crippen LogP contribution in [-0.2, 0) is 4.79 Å². The third-order valence-electron chi connectivity index (χ3n) is 8.20. The number of rotatable bonds is 8. The molecule has 190 valence electrons. The van der Waals surface area contributed by atoms with Crippen molar-refractivity contribution >= 4 is 5.97 Å². The summed E-state index contributed by atoms with van der Waals surface area (Å²) in [4.78, 5) is 12.6. The van der Waals surface area contributed by atoms with Crippen LogP contribution in [0.3, 0.4) is 0 Å². The van der Waals surface area contributed by atoms with E-state index in [1.54, 1.807) is 6.92 Å². The normalized spacial score (nSPS) is 25.6. The molecule has 0 spiro atoms. The average molecular weight is 485 g/mol. The van der Waals surface area contributed by atoms with E-state index in [0.717, 1.165) is 49.7 Å². The highest BCUT2D eigenvalue weighted by molar-refractivity contribution is 5.75. The molecule has 0 saturated heterocycles. The minimum atomic E-state index is -0.855. The number of benzene rings is 2. The fourth-order valence-corrected chi connectivity index (χ4v) is 6.22. The van der Waals surface area contributed by atoms with Gasteiger partial charge in [-0.05, 0) is 81.1 Å². The van der Waals surface area contributed by atoms with Gasteiger partial charge in [-0.3, -0.25) is 4.79 Å². The SMILES string of the molecule is CCOc1c(F)cc(OC(=O)C2CCC(C3CCC(C[C@@H](C)c4ccccc4)CC3)CC2)cc1F. The summed E-state index contributed by atoms with van der Waals surface area (Å²) in [6.07, 6.45) is 10.1.